The molecular weight excluding hydrogens is 996 g/mol. The second-order valence-corrected chi connectivity index (χ2v) is 26.3. The number of nitrogens with zero attached hydrogens (tertiary/aromatic N) is 3. The fraction of sp³-hybridized carbons (Fsp3) is 0.950. The van der Waals surface area contributed by atoms with Gasteiger partial charge in [0, 0.05) is 58.2 Å². The predicted molar refractivity (Wildman–Crippen MR) is 317 cm³/mol. The van der Waals surface area contributed by atoms with Gasteiger partial charge in [-0.15, -0.1) is 0 Å². The molecule has 0 aromatic carbocycles. The summed E-state index contributed by atoms with van der Waals surface area (Å²) < 4.78 is 32.8. The lowest BCUT2D eigenvalue weighted by atomic mass is 10.1. The van der Waals surface area contributed by atoms with Gasteiger partial charge in [0.15, 0.2) is 0 Å². The van der Waals surface area contributed by atoms with Crippen LogP contribution < -0.4 is 16.0 Å². The van der Waals surface area contributed by atoms with Crippen LogP contribution in [-0.4, -0.2) is 186 Å². The largest absolute Gasteiger partial charge is 0.475 e. The summed E-state index contributed by atoms with van der Waals surface area (Å²) in [6, 6.07) is 0. The zero-order valence-corrected chi connectivity index (χ0v) is 52.4. The Morgan fingerprint density at radius 2 is 0.571 bits per heavy atom. The number of carbonyl (C=O) groups is 3. The van der Waals surface area contributed by atoms with E-state index in [0.29, 0.717) is 72.0 Å². The maximum absolute atomic E-state index is 14.2. The molecule has 0 saturated carbocycles. The molecule has 6 N–H and O–H groups in total. The minimum Gasteiger partial charge on any atom is -0.385 e. The normalized spacial score (nSPS) is 14.3. The van der Waals surface area contributed by atoms with Crippen molar-refractivity contribution >= 4 is 25.5 Å². The van der Waals surface area contributed by atoms with Crippen molar-refractivity contribution in [2.45, 2.75) is 251 Å². The molecule has 0 aromatic rings. The van der Waals surface area contributed by atoms with Gasteiger partial charge in [0.2, 0.25) is 17.7 Å². The molecule has 3 unspecified atom stereocenters. The number of nitrogens with one attached hydrogen (secondary N) is 3. The maximum Gasteiger partial charge on any atom is 0.475 e. The Morgan fingerprint density at radius 1 is 0.364 bits per heavy atom. The number of rotatable bonds is 57. The average molecular weight is 1120 g/mol. The minimum absolute atomic E-state index is 0.0720. The van der Waals surface area contributed by atoms with Crippen molar-refractivity contribution in [1.82, 2.24) is 16.0 Å². The first-order valence-corrected chi connectivity index (χ1v) is 33.0. The molecule has 17 heteroatoms. The van der Waals surface area contributed by atoms with Gasteiger partial charge in [0.1, 0.15) is 37.9 Å². The molecule has 0 spiro atoms. The fourth-order valence-electron chi connectivity index (χ4n) is 10.0. The van der Waals surface area contributed by atoms with Gasteiger partial charge < -0.3 is 44.7 Å². The van der Waals surface area contributed by atoms with E-state index in [0.717, 1.165) is 57.8 Å². The van der Waals surface area contributed by atoms with Gasteiger partial charge in [-0.1, -0.05) is 175 Å². The van der Waals surface area contributed by atoms with Crippen LogP contribution in [0, 0.1) is 0 Å². The Hall–Kier alpha value is -1.72. The highest BCUT2D eigenvalue weighted by molar-refractivity contribution is 7.48. The van der Waals surface area contributed by atoms with Crippen molar-refractivity contribution in [3.8, 4) is 0 Å². The van der Waals surface area contributed by atoms with Gasteiger partial charge in [0.25, 0.3) is 0 Å². The number of aliphatic hydroxyl groups is 3. The number of hydrogen-bond donors (Lipinski definition) is 6. The Kier molecular flexibility index (Phi) is 46.8. The second kappa shape index (κ2) is 47.9. The molecule has 0 fully saturated rings. The van der Waals surface area contributed by atoms with Crippen LogP contribution in [0.25, 0.3) is 0 Å². The van der Waals surface area contributed by atoms with Crippen LogP contribution >= 0.6 is 7.82 Å². The SMILES string of the molecule is CCCCCCCCCCCC(=O)NCCC[N+](C)(C)CC(O)COP(=O)(OCC(O)C[N+](C)(C)CCCNC(=O)CCCCCCCCCCC)OCC(O)C[N+](C)(C)CCCNC(=O)CCCCCCCCCCC. The Balaban J connectivity index is 5.16. The number of quaternary nitrogens is 3. The molecule has 0 aromatic heterocycles. The molecule has 0 rings (SSSR count). The lowest BCUT2D eigenvalue weighted by Crippen LogP contribution is -2.48. The smallest absolute Gasteiger partial charge is 0.385 e. The van der Waals surface area contributed by atoms with Crippen LogP contribution in [0.5, 0.6) is 0 Å². The molecule has 0 radical (unpaired) electrons. The molecule has 3 amide bonds. The highest BCUT2D eigenvalue weighted by Gasteiger charge is 2.34. The van der Waals surface area contributed by atoms with E-state index in [1.54, 1.807) is 0 Å². The minimum atomic E-state index is -4.40. The van der Waals surface area contributed by atoms with Crippen LogP contribution in [0.4, 0.5) is 0 Å². The summed E-state index contributed by atoms with van der Waals surface area (Å²) >= 11 is 0. The number of phosphoric acid groups is 1. The summed E-state index contributed by atoms with van der Waals surface area (Å²) in [5, 5.41) is 42.6. The van der Waals surface area contributed by atoms with E-state index in [1.165, 1.54) is 135 Å². The number of phosphoric ester groups is 1. The van der Waals surface area contributed by atoms with E-state index >= 15 is 0 Å². The summed E-state index contributed by atoms with van der Waals surface area (Å²) in [4.78, 5) is 37.4. The van der Waals surface area contributed by atoms with E-state index < -0.39 is 26.1 Å². The number of hydrogen-bond acceptors (Lipinski definition) is 10. The lowest BCUT2D eigenvalue weighted by molar-refractivity contribution is -0.893. The molecular formula is C60H126N6O10P+3. The van der Waals surface area contributed by atoms with Crippen molar-refractivity contribution in [3.05, 3.63) is 0 Å². The zero-order valence-electron chi connectivity index (χ0n) is 51.5. The van der Waals surface area contributed by atoms with Crippen LogP contribution in [0.2, 0.25) is 0 Å². The summed E-state index contributed by atoms with van der Waals surface area (Å²) in [6.45, 7) is 10.1. The van der Waals surface area contributed by atoms with Crippen molar-refractivity contribution in [1.29, 1.82) is 0 Å². The van der Waals surface area contributed by atoms with Crippen molar-refractivity contribution in [2.75, 3.05) is 121 Å². The van der Waals surface area contributed by atoms with E-state index in [-0.39, 0.29) is 57.2 Å². The third-order valence-corrected chi connectivity index (χ3v) is 16.1. The van der Waals surface area contributed by atoms with Crippen molar-refractivity contribution in [2.24, 2.45) is 0 Å². The highest BCUT2D eigenvalue weighted by atomic mass is 31.2. The quantitative estimate of drug-likeness (QED) is 0.0194. The molecule has 16 nitrogen and oxygen atoms in total. The van der Waals surface area contributed by atoms with E-state index in [9.17, 15) is 34.3 Å². The van der Waals surface area contributed by atoms with E-state index in [2.05, 4.69) is 36.7 Å². The van der Waals surface area contributed by atoms with Gasteiger partial charge >= 0.3 is 7.82 Å². The zero-order chi connectivity index (χ0) is 57.5. The molecule has 458 valence electrons. The molecule has 0 heterocycles. The molecule has 0 bridgehead atoms. The summed E-state index contributed by atoms with van der Waals surface area (Å²) in [5.41, 5.74) is 0. The fourth-order valence-corrected chi connectivity index (χ4v) is 11.3. The first-order valence-electron chi connectivity index (χ1n) is 31.5. The third kappa shape index (κ3) is 49.8. The van der Waals surface area contributed by atoms with E-state index in [1.807, 2.05) is 42.3 Å². The number of amides is 3. The number of likely N-dealkylation sites (N-methyl/N-ethyl adjacent to an activating group) is 3. The number of unbranched alkanes of at least 4 members (excludes halogenated alkanes) is 24. The second-order valence-electron chi connectivity index (χ2n) is 24.7. The maximum atomic E-state index is 14.2. The Morgan fingerprint density at radius 3 is 0.792 bits per heavy atom. The molecule has 0 aliphatic rings. The number of aliphatic hydroxyl groups excluding tert-OH is 3. The van der Waals surface area contributed by atoms with Gasteiger partial charge in [0.05, 0.1) is 81.7 Å². The Bertz CT molecular complexity index is 1310. The van der Waals surface area contributed by atoms with Gasteiger partial charge in [-0.2, -0.15) is 0 Å². The predicted octanol–water partition coefficient (Wildman–Crippen LogP) is 10.7. The van der Waals surface area contributed by atoms with Crippen LogP contribution in [0.3, 0.4) is 0 Å². The van der Waals surface area contributed by atoms with Crippen molar-refractivity contribution < 1.29 is 61.3 Å². The highest BCUT2D eigenvalue weighted by Crippen LogP contribution is 2.50. The van der Waals surface area contributed by atoms with Crippen molar-refractivity contribution in [3.63, 3.8) is 0 Å². The van der Waals surface area contributed by atoms with Gasteiger partial charge in [-0.3, -0.25) is 28.0 Å². The summed E-state index contributed by atoms with van der Waals surface area (Å²) in [7, 11) is 7.47. The van der Waals surface area contributed by atoms with Crippen LogP contribution in [0.1, 0.15) is 233 Å². The first kappa shape index (κ1) is 75.3. The van der Waals surface area contributed by atoms with Crippen LogP contribution in [0.15, 0.2) is 0 Å². The van der Waals surface area contributed by atoms with Gasteiger partial charge in [-0.05, 0) is 19.3 Å². The molecule has 0 aliphatic heterocycles. The molecule has 0 aliphatic carbocycles. The van der Waals surface area contributed by atoms with E-state index in [4.69, 9.17) is 13.6 Å². The standard InChI is InChI=1S/C60H123N6O10P/c1-10-13-16-19-22-25-28-31-34-40-58(70)61-43-37-46-64(4,5)49-55(67)52-74-77(73,75-53-56(68)50-65(6,7)47-38-44-62-59(71)41-35-32-29-26-23-20-17-14-11-2)76-54-57(69)51-66(8,9)48-39-45-63-60(72)42-36-33-30-27-24-21-18-15-12-3/h55-57,67-69H,10-54H2,1-9H3/p+3. The van der Waals surface area contributed by atoms with Crippen LogP contribution in [-0.2, 0) is 32.5 Å². The molecule has 3 atom stereocenters. The number of carbonyl (C=O) groups excluding carboxylic acids is 3. The third-order valence-electron chi connectivity index (χ3n) is 14.7. The summed E-state index contributed by atoms with van der Waals surface area (Å²) in [6.07, 6.45) is 33.3. The monoisotopic (exact) mass is 1120 g/mol. The summed E-state index contributed by atoms with van der Waals surface area (Å²) in [5.74, 6) is 0.216. The molecule has 0 saturated heterocycles. The topological polar surface area (TPSA) is 193 Å². The van der Waals surface area contributed by atoms with Gasteiger partial charge in [-0.25, -0.2) is 4.57 Å². The first-order chi connectivity index (χ1) is 36.7. The Labute approximate surface area is 473 Å². The average Bonchev–Trinajstić information content (AvgIpc) is 3.36. The molecule has 77 heavy (non-hydrogen) atoms. The lowest BCUT2D eigenvalue weighted by Gasteiger charge is -2.33.